The van der Waals surface area contributed by atoms with Crippen LogP contribution in [0.3, 0.4) is 0 Å². The van der Waals surface area contributed by atoms with E-state index in [1.165, 1.54) is 11.3 Å². The summed E-state index contributed by atoms with van der Waals surface area (Å²) < 4.78 is 0. The van der Waals surface area contributed by atoms with Crippen LogP contribution in [0.4, 0.5) is 0 Å². The zero-order valence-electron chi connectivity index (χ0n) is 5.74. The van der Waals surface area contributed by atoms with Crippen LogP contribution in [0.5, 0.6) is 0 Å². The maximum absolute atomic E-state index is 4.18. The van der Waals surface area contributed by atoms with Gasteiger partial charge in [-0.2, -0.15) is 0 Å². The van der Waals surface area contributed by atoms with E-state index in [-0.39, 0.29) is 0 Å². The summed E-state index contributed by atoms with van der Waals surface area (Å²) in [7, 11) is 0. The molecule has 0 bridgehead atoms. The minimum absolute atomic E-state index is 0.594. The number of thioether (sulfide) groups is 1. The molecule has 3 heteroatoms. The van der Waals surface area contributed by atoms with Crippen molar-refractivity contribution in [2.45, 2.75) is 17.9 Å². The van der Waals surface area contributed by atoms with Crippen LogP contribution < -0.4 is 0 Å². The standard InChI is InChI=1S/C7H8N2S/c1-5-6-2-8-4-9-7(6)3-10-5/h2,4-5H,3H2,1H3. The average Bonchev–Trinajstić information content (AvgIpc) is 2.34. The van der Waals surface area contributed by atoms with Crippen molar-refractivity contribution in [3.63, 3.8) is 0 Å². The fourth-order valence-corrected chi connectivity index (χ4v) is 2.15. The molecule has 0 saturated carbocycles. The Balaban J connectivity index is 2.51. The zero-order chi connectivity index (χ0) is 6.97. The SMILES string of the molecule is CC1SCc2ncncc21. The van der Waals surface area contributed by atoms with E-state index < -0.39 is 0 Å². The Bertz CT molecular complexity index is 249. The molecule has 0 aromatic carbocycles. The van der Waals surface area contributed by atoms with Crippen molar-refractivity contribution in [1.82, 2.24) is 9.97 Å². The van der Waals surface area contributed by atoms with Gasteiger partial charge in [-0.15, -0.1) is 11.8 Å². The molecule has 1 aromatic heterocycles. The molecule has 1 aromatic rings. The predicted octanol–water partition coefficient (Wildman–Crippen LogP) is 1.78. The van der Waals surface area contributed by atoms with E-state index in [0.717, 1.165) is 5.75 Å². The molecule has 2 rings (SSSR count). The number of aromatic nitrogens is 2. The van der Waals surface area contributed by atoms with Crippen LogP contribution >= 0.6 is 11.8 Å². The molecule has 1 aliphatic rings. The fraction of sp³-hybridized carbons (Fsp3) is 0.429. The molecule has 0 aliphatic carbocycles. The van der Waals surface area contributed by atoms with Crippen LogP contribution in [0.15, 0.2) is 12.5 Å². The fourth-order valence-electron chi connectivity index (χ4n) is 1.12. The molecule has 0 saturated heterocycles. The zero-order valence-corrected chi connectivity index (χ0v) is 6.56. The van der Waals surface area contributed by atoms with Crippen molar-refractivity contribution in [3.8, 4) is 0 Å². The topological polar surface area (TPSA) is 25.8 Å². The van der Waals surface area contributed by atoms with E-state index >= 15 is 0 Å². The monoisotopic (exact) mass is 152 g/mol. The molecule has 0 fully saturated rings. The van der Waals surface area contributed by atoms with Gasteiger partial charge < -0.3 is 0 Å². The number of nitrogens with zero attached hydrogens (tertiary/aromatic N) is 2. The van der Waals surface area contributed by atoms with Gasteiger partial charge in [0, 0.05) is 22.8 Å². The summed E-state index contributed by atoms with van der Waals surface area (Å²) in [5.41, 5.74) is 2.53. The first kappa shape index (κ1) is 6.16. The van der Waals surface area contributed by atoms with Crippen LogP contribution in [-0.2, 0) is 5.75 Å². The van der Waals surface area contributed by atoms with Crippen molar-refractivity contribution in [2.75, 3.05) is 0 Å². The molecule has 2 heterocycles. The largest absolute Gasteiger partial charge is 0.244 e. The van der Waals surface area contributed by atoms with E-state index in [0.29, 0.717) is 5.25 Å². The quantitative estimate of drug-likeness (QED) is 0.566. The van der Waals surface area contributed by atoms with Crippen LogP contribution in [0.25, 0.3) is 0 Å². The Hall–Kier alpha value is -0.570. The van der Waals surface area contributed by atoms with Crippen molar-refractivity contribution in [2.24, 2.45) is 0 Å². The Kier molecular flexibility index (Phi) is 1.38. The highest BCUT2D eigenvalue weighted by atomic mass is 32.2. The molecule has 2 nitrogen and oxygen atoms in total. The molecule has 52 valence electrons. The van der Waals surface area contributed by atoms with Gasteiger partial charge in [-0.3, -0.25) is 0 Å². The van der Waals surface area contributed by atoms with Gasteiger partial charge in [-0.25, -0.2) is 9.97 Å². The third-order valence-corrected chi connectivity index (χ3v) is 2.93. The number of hydrogen-bond acceptors (Lipinski definition) is 3. The van der Waals surface area contributed by atoms with Gasteiger partial charge in [-0.05, 0) is 6.92 Å². The second-order valence-corrected chi connectivity index (χ2v) is 3.71. The van der Waals surface area contributed by atoms with Gasteiger partial charge in [0.25, 0.3) is 0 Å². The molecule has 0 amide bonds. The third-order valence-electron chi connectivity index (χ3n) is 1.74. The third kappa shape index (κ3) is 0.814. The van der Waals surface area contributed by atoms with Crippen molar-refractivity contribution in [1.29, 1.82) is 0 Å². The lowest BCUT2D eigenvalue weighted by Crippen LogP contribution is -1.89. The molecule has 0 N–H and O–H groups in total. The summed E-state index contributed by atoms with van der Waals surface area (Å²) in [6, 6.07) is 0. The van der Waals surface area contributed by atoms with Crippen molar-refractivity contribution < 1.29 is 0 Å². The maximum Gasteiger partial charge on any atom is 0.115 e. The first-order valence-corrected chi connectivity index (χ1v) is 4.33. The number of fused-ring (bicyclic) bond motifs is 1. The van der Waals surface area contributed by atoms with E-state index in [9.17, 15) is 0 Å². The number of rotatable bonds is 0. The first-order valence-electron chi connectivity index (χ1n) is 3.28. The molecule has 0 spiro atoms. The summed E-state index contributed by atoms with van der Waals surface area (Å²) in [5.74, 6) is 1.05. The predicted molar refractivity (Wildman–Crippen MR) is 41.7 cm³/mol. The summed E-state index contributed by atoms with van der Waals surface area (Å²) in [5, 5.41) is 0.594. The first-order chi connectivity index (χ1) is 4.88. The molecule has 1 aliphatic heterocycles. The Labute approximate surface area is 64.1 Å². The van der Waals surface area contributed by atoms with Crippen molar-refractivity contribution in [3.05, 3.63) is 23.8 Å². The van der Waals surface area contributed by atoms with E-state index in [1.807, 2.05) is 18.0 Å². The summed E-state index contributed by atoms with van der Waals surface area (Å²) in [6.45, 7) is 2.19. The van der Waals surface area contributed by atoms with Gasteiger partial charge in [0.1, 0.15) is 6.33 Å². The Morgan fingerprint density at radius 1 is 1.70 bits per heavy atom. The van der Waals surface area contributed by atoms with Crippen LogP contribution in [0.1, 0.15) is 23.4 Å². The molecular formula is C7H8N2S. The number of hydrogen-bond donors (Lipinski definition) is 0. The second-order valence-electron chi connectivity index (χ2n) is 2.38. The minimum Gasteiger partial charge on any atom is -0.244 e. The normalized spacial score (nSPS) is 22.7. The second kappa shape index (κ2) is 2.23. The van der Waals surface area contributed by atoms with Gasteiger partial charge in [-0.1, -0.05) is 0 Å². The van der Waals surface area contributed by atoms with E-state index in [1.54, 1.807) is 6.33 Å². The molecule has 10 heavy (non-hydrogen) atoms. The molecular weight excluding hydrogens is 144 g/mol. The smallest absolute Gasteiger partial charge is 0.115 e. The van der Waals surface area contributed by atoms with Gasteiger partial charge in [0.2, 0.25) is 0 Å². The molecule has 1 atom stereocenters. The highest BCUT2D eigenvalue weighted by molar-refractivity contribution is 7.99. The lowest BCUT2D eigenvalue weighted by Gasteiger charge is -1.98. The molecule has 1 unspecified atom stereocenters. The Morgan fingerprint density at radius 2 is 2.60 bits per heavy atom. The highest BCUT2D eigenvalue weighted by Gasteiger charge is 2.19. The van der Waals surface area contributed by atoms with Gasteiger partial charge in [0.15, 0.2) is 0 Å². The summed E-state index contributed by atoms with van der Waals surface area (Å²) >= 11 is 1.92. The maximum atomic E-state index is 4.18. The van der Waals surface area contributed by atoms with E-state index in [4.69, 9.17) is 0 Å². The minimum atomic E-state index is 0.594. The molecule has 0 radical (unpaired) electrons. The summed E-state index contributed by atoms with van der Waals surface area (Å²) in [4.78, 5) is 8.16. The van der Waals surface area contributed by atoms with E-state index in [2.05, 4.69) is 16.9 Å². The summed E-state index contributed by atoms with van der Waals surface area (Å²) in [6.07, 6.45) is 3.55. The van der Waals surface area contributed by atoms with Gasteiger partial charge >= 0.3 is 0 Å². The Morgan fingerprint density at radius 3 is 3.40 bits per heavy atom. The van der Waals surface area contributed by atoms with Crippen molar-refractivity contribution >= 4 is 11.8 Å². The average molecular weight is 152 g/mol. The lowest BCUT2D eigenvalue weighted by atomic mass is 10.2. The van der Waals surface area contributed by atoms with Crippen LogP contribution in [0.2, 0.25) is 0 Å². The van der Waals surface area contributed by atoms with Crippen LogP contribution in [0, 0.1) is 0 Å². The van der Waals surface area contributed by atoms with Crippen LogP contribution in [-0.4, -0.2) is 9.97 Å². The van der Waals surface area contributed by atoms with Gasteiger partial charge in [0.05, 0.1) is 5.69 Å². The lowest BCUT2D eigenvalue weighted by molar-refractivity contribution is 1.01. The highest BCUT2D eigenvalue weighted by Crippen LogP contribution is 2.38.